The standard InChI is InChI=1S/C12H15NO2/c1-7(2)12-9-6-11(15)10(14)5-8(9)3-4-13-12/h5-7,14-15H,3-4H2,1-2H3. The molecule has 0 aliphatic carbocycles. The summed E-state index contributed by atoms with van der Waals surface area (Å²) in [6, 6.07) is 3.25. The van der Waals surface area contributed by atoms with Crippen LogP contribution in [-0.2, 0) is 6.42 Å². The Morgan fingerprint density at radius 1 is 1.20 bits per heavy atom. The number of aliphatic imine (C=N–C) groups is 1. The van der Waals surface area contributed by atoms with Gasteiger partial charge in [-0.2, -0.15) is 0 Å². The number of benzene rings is 1. The quantitative estimate of drug-likeness (QED) is 0.690. The van der Waals surface area contributed by atoms with E-state index in [9.17, 15) is 10.2 Å². The van der Waals surface area contributed by atoms with Crippen molar-refractivity contribution in [3.8, 4) is 11.5 Å². The van der Waals surface area contributed by atoms with Gasteiger partial charge in [0, 0.05) is 17.8 Å². The lowest BCUT2D eigenvalue weighted by atomic mass is 9.91. The fraction of sp³-hybridized carbons (Fsp3) is 0.417. The molecule has 3 heteroatoms. The van der Waals surface area contributed by atoms with E-state index in [2.05, 4.69) is 18.8 Å². The van der Waals surface area contributed by atoms with Gasteiger partial charge < -0.3 is 10.2 Å². The first-order valence-corrected chi connectivity index (χ1v) is 5.19. The third-order valence-corrected chi connectivity index (χ3v) is 2.69. The molecule has 1 heterocycles. The molecule has 0 bridgehead atoms. The van der Waals surface area contributed by atoms with Gasteiger partial charge in [-0.05, 0) is 30.0 Å². The lowest BCUT2D eigenvalue weighted by Crippen LogP contribution is -2.17. The van der Waals surface area contributed by atoms with Gasteiger partial charge in [-0.25, -0.2) is 0 Å². The minimum atomic E-state index is -0.0657. The summed E-state index contributed by atoms with van der Waals surface area (Å²) in [4.78, 5) is 4.46. The molecule has 0 fully saturated rings. The summed E-state index contributed by atoms with van der Waals surface area (Å²) in [5, 5.41) is 18.9. The Bertz CT molecular complexity index is 422. The van der Waals surface area contributed by atoms with E-state index >= 15 is 0 Å². The molecule has 2 rings (SSSR count). The maximum Gasteiger partial charge on any atom is 0.158 e. The van der Waals surface area contributed by atoms with E-state index < -0.39 is 0 Å². The van der Waals surface area contributed by atoms with Crippen LogP contribution < -0.4 is 0 Å². The molecule has 15 heavy (non-hydrogen) atoms. The largest absolute Gasteiger partial charge is 0.504 e. The molecule has 1 aliphatic rings. The maximum absolute atomic E-state index is 9.47. The average molecular weight is 205 g/mol. The second kappa shape index (κ2) is 3.57. The molecule has 0 amide bonds. The molecule has 80 valence electrons. The van der Waals surface area contributed by atoms with Gasteiger partial charge >= 0.3 is 0 Å². The van der Waals surface area contributed by atoms with Gasteiger partial charge in [0.25, 0.3) is 0 Å². The predicted octanol–water partition coefficient (Wildman–Crippen LogP) is 2.10. The summed E-state index contributed by atoms with van der Waals surface area (Å²) in [5.74, 6) is 0.232. The van der Waals surface area contributed by atoms with Gasteiger partial charge in [-0.15, -0.1) is 0 Å². The number of phenolic OH excluding ortho intramolecular Hbond substituents is 2. The first kappa shape index (κ1) is 10.0. The highest BCUT2D eigenvalue weighted by atomic mass is 16.3. The number of fused-ring (bicyclic) bond motifs is 1. The van der Waals surface area contributed by atoms with Gasteiger partial charge in [-0.1, -0.05) is 13.8 Å². The van der Waals surface area contributed by atoms with E-state index in [1.165, 1.54) is 0 Å². The van der Waals surface area contributed by atoms with E-state index in [1.54, 1.807) is 12.1 Å². The van der Waals surface area contributed by atoms with Crippen LogP contribution in [0.15, 0.2) is 17.1 Å². The zero-order valence-corrected chi connectivity index (χ0v) is 8.99. The number of aromatic hydroxyl groups is 2. The van der Waals surface area contributed by atoms with E-state index in [0.717, 1.165) is 29.8 Å². The van der Waals surface area contributed by atoms with Crippen LogP contribution in [0.1, 0.15) is 25.0 Å². The molecule has 0 unspecified atom stereocenters. The van der Waals surface area contributed by atoms with Crippen LogP contribution in [-0.4, -0.2) is 22.5 Å². The van der Waals surface area contributed by atoms with Crippen LogP contribution in [0.3, 0.4) is 0 Å². The van der Waals surface area contributed by atoms with Gasteiger partial charge in [0.1, 0.15) is 0 Å². The summed E-state index contributed by atoms with van der Waals surface area (Å²) >= 11 is 0. The van der Waals surface area contributed by atoms with Crippen molar-refractivity contribution in [3.05, 3.63) is 23.3 Å². The lowest BCUT2D eigenvalue weighted by molar-refractivity contribution is 0.403. The number of hydrogen-bond acceptors (Lipinski definition) is 3. The summed E-state index contributed by atoms with van der Waals surface area (Å²) < 4.78 is 0. The molecule has 1 aromatic carbocycles. The fourth-order valence-electron chi connectivity index (χ4n) is 1.94. The number of hydrogen-bond donors (Lipinski definition) is 2. The molecule has 1 aromatic rings. The summed E-state index contributed by atoms with van der Waals surface area (Å²) in [7, 11) is 0. The van der Waals surface area contributed by atoms with Crippen LogP contribution in [0.25, 0.3) is 0 Å². The Kier molecular flexibility index (Phi) is 2.39. The third-order valence-electron chi connectivity index (χ3n) is 2.69. The van der Waals surface area contributed by atoms with Gasteiger partial charge in [0.15, 0.2) is 11.5 Å². The highest BCUT2D eigenvalue weighted by Crippen LogP contribution is 2.31. The minimum absolute atomic E-state index is 0.0428. The summed E-state index contributed by atoms with van der Waals surface area (Å²) in [6.45, 7) is 4.93. The SMILES string of the molecule is CC(C)C1=NCCc2cc(O)c(O)cc21. The van der Waals surface area contributed by atoms with Crippen LogP contribution in [0, 0.1) is 5.92 Å². The van der Waals surface area contributed by atoms with Crippen LogP contribution >= 0.6 is 0 Å². The minimum Gasteiger partial charge on any atom is -0.504 e. The number of phenols is 2. The smallest absolute Gasteiger partial charge is 0.158 e. The molecule has 0 aromatic heterocycles. The third kappa shape index (κ3) is 1.69. The predicted molar refractivity (Wildman–Crippen MR) is 59.7 cm³/mol. The van der Waals surface area contributed by atoms with Crippen molar-refractivity contribution in [2.45, 2.75) is 20.3 Å². The molecule has 0 atom stereocenters. The average Bonchev–Trinajstić information content (AvgIpc) is 2.18. The Labute approximate surface area is 89.1 Å². The summed E-state index contributed by atoms with van der Waals surface area (Å²) in [5.41, 5.74) is 3.07. The molecular formula is C12H15NO2. The molecule has 0 radical (unpaired) electrons. The monoisotopic (exact) mass is 205 g/mol. The van der Waals surface area contributed by atoms with Crippen LogP contribution in [0.5, 0.6) is 11.5 Å². The van der Waals surface area contributed by atoms with Crippen molar-refractivity contribution >= 4 is 5.71 Å². The van der Waals surface area contributed by atoms with Crippen molar-refractivity contribution in [1.82, 2.24) is 0 Å². The second-order valence-corrected chi connectivity index (χ2v) is 4.17. The second-order valence-electron chi connectivity index (χ2n) is 4.17. The highest BCUT2D eigenvalue weighted by molar-refractivity contribution is 6.04. The van der Waals surface area contributed by atoms with Crippen molar-refractivity contribution < 1.29 is 10.2 Å². The molecule has 0 spiro atoms. The van der Waals surface area contributed by atoms with E-state index in [0.29, 0.717) is 5.92 Å². The first-order chi connectivity index (χ1) is 7.09. The Morgan fingerprint density at radius 3 is 2.53 bits per heavy atom. The highest BCUT2D eigenvalue weighted by Gasteiger charge is 2.18. The molecule has 3 nitrogen and oxygen atoms in total. The Morgan fingerprint density at radius 2 is 1.87 bits per heavy atom. The number of nitrogens with zero attached hydrogens (tertiary/aromatic N) is 1. The fourth-order valence-corrected chi connectivity index (χ4v) is 1.94. The molecular weight excluding hydrogens is 190 g/mol. The van der Waals surface area contributed by atoms with Crippen LogP contribution in [0.4, 0.5) is 0 Å². The van der Waals surface area contributed by atoms with Gasteiger partial charge in [-0.3, -0.25) is 4.99 Å². The normalized spacial score (nSPS) is 15.0. The van der Waals surface area contributed by atoms with E-state index in [4.69, 9.17) is 0 Å². The molecule has 0 saturated carbocycles. The Hall–Kier alpha value is -1.51. The van der Waals surface area contributed by atoms with E-state index in [1.807, 2.05) is 0 Å². The van der Waals surface area contributed by atoms with E-state index in [-0.39, 0.29) is 11.5 Å². The van der Waals surface area contributed by atoms with Crippen molar-refractivity contribution in [3.63, 3.8) is 0 Å². The van der Waals surface area contributed by atoms with Crippen molar-refractivity contribution in [2.24, 2.45) is 10.9 Å². The lowest BCUT2D eigenvalue weighted by Gasteiger charge is -2.20. The summed E-state index contributed by atoms with van der Waals surface area (Å²) in [6.07, 6.45) is 0.833. The first-order valence-electron chi connectivity index (χ1n) is 5.19. The zero-order valence-electron chi connectivity index (χ0n) is 8.99. The van der Waals surface area contributed by atoms with Gasteiger partial charge in [0.05, 0.1) is 0 Å². The molecule has 0 saturated heterocycles. The zero-order chi connectivity index (χ0) is 11.0. The van der Waals surface area contributed by atoms with Gasteiger partial charge in [0.2, 0.25) is 0 Å². The number of rotatable bonds is 1. The van der Waals surface area contributed by atoms with Crippen molar-refractivity contribution in [2.75, 3.05) is 6.54 Å². The maximum atomic E-state index is 9.47. The van der Waals surface area contributed by atoms with Crippen molar-refractivity contribution in [1.29, 1.82) is 0 Å². The molecule has 2 N–H and O–H groups in total. The topological polar surface area (TPSA) is 52.8 Å². The Balaban J connectivity index is 2.55. The van der Waals surface area contributed by atoms with Crippen LogP contribution in [0.2, 0.25) is 0 Å². The molecule has 1 aliphatic heterocycles.